The molecule has 5 nitrogen and oxygen atoms in total. The lowest BCUT2D eigenvalue weighted by Gasteiger charge is -2.22. The SMILES string of the molecule is COc1ccc(N(C)S(=O)(=O)c2ccc(F)cc2)c(OC)c1. The first-order valence-electron chi connectivity index (χ1n) is 6.36. The first-order chi connectivity index (χ1) is 10.4. The van der Waals surface area contributed by atoms with Crippen molar-refractivity contribution in [1.29, 1.82) is 0 Å². The Kier molecular flexibility index (Phi) is 4.56. The van der Waals surface area contributed by atoms with Crippen LogP contribution in [0, 0.1) is 5.82 Å². The fraction of sp³-hybridized carbons (Fsp3) is 0.200. The normalized spacial score (nSPS) is 11.1. The van der Waals surface area contributed by atoms with Gasteiger partial charge >= 0.3 is 0 Å². The third-order valence-corrected chi connectivity index (χ3v) is 4.98. The van der Waals surface area contributed by atoms with Crippen molar-refractivity contribution in [3.8, 4) is 11.5 Å². The lowest BCUT2D eigenvalue weighted by molar-refractivity contribution is 0.395. The summed E-state index contributed by atoms with van der Waals surface area (Å²) < 4.78 is 49.5. The van der Waals surface area contributed by atoms with E-state index in [1.807, 2.05) is 0 Å². The maximum absolute atomic E-state index is 13.0. The Hall–Kier alpha value is -2.28. The lowest BCUT2D eigenvalue weighted by Crippen LogP contribution is -2.27. The molecule has 0 saturated carbocycles. The molecule has 2 rings (SSSR count). The molecule has 0 aromatic heterocycles. The van der Waals surface area contributed by atoms with Gasteiger partial charge in [0.25, 0.3) is 10.0 Å². The fourth-order valence-electron chi connectivity index (χ4n) is 1.94. The molecule has 0 N–H and O–H groups in total. The molecule has 0 aliphatic heterocycles. The van der Waals surface area contributed by atoms with Crippen LogP contribution in [-0.4, -0.2) is 29.7 Å². The zero-order valence-electron chi connectivity index (χ0n) is 12.4. The van der Waals surface area contributed by atoms with Crippen LogP contribution in [0.3, 0.4) is 0 Å². The molecule has 0 fully saturated rings. The summed E-state index contributed by atoms with van der Waals surface area (Å²) in [7, 11) is 0.539. The van der Waals surface area contributed by atoms with Crippen LogP contribution < -0.4 is 13.8 Å². The predicted octanol–water partition coefficient (Wildman–Crippen LogP) is 2.67. The first-order valence-corrected chi connectivity index (χ1v) is 7.80. The van der Waals surface area contributed by atoms with Crippen LogP contribution in [0.5, 0.6) is 11.5 Å². The Balaban J connectivity index is 2.46. The molecule has 118 valence electrons. The zero-order chi connectivity index (χ0) is 16.3. The van der Waals surface area contributed by atoms with Crippen molar-refractivity contribution in [3.05, 3.63) is 48.3 Å². The molecule has 0 heterocycles. The van der Waals surface area contributed by atoms with E-state index < -0.39 is 15.8 Å². The lowest BCUT2D eigenvalue weighted by atomic mass is 10.3. The Labute approximate surface area is 128 Å². The topological polar surface area (TPSA) is 55.8 Å². The van der Waals surface area contributed by atoms with E-state index in [0.29, 0.717) is 17.2 Å². The van der Waals surface area contributed by atoms with Gasteiger partial charge in [0.05, 0.1) is 24.8 Å². The fourth-order valence-corrected chi connectivity index (χ4v) is 3.15. The van der Waals surface area contributed by atoms with Crippen molar-refractivity contribution in [1.82, 2.24) is 0 Å². The monoisotopic (exact) mass is 325 g/mol. The highest BCUT2D eigenvalue weighted by molar-refractivity contribution is 7.92. The Morgan fingerprint density at radius 2 is 1.64 bits per heavy atom. The average Bonchev–Trinajstić information content (AvgIpc) is 2.53. The van der Waals surface area contributed by atoms with Crippen LogP contribution in [0.15, 0.2) is 47.4 Å². The molecule has 2 aromatic rings. The summed E-state index contributed by atoms with van der Waals surface area (Å²) in [4.78, 5) is -0.00530. The summed E-state index contributed by atoms with van der Waals surface area (Å²) in [6.07, 6.45) is 0. The van der Waals surface area contributed by atoms with Crippen molar-refractivity contribution in [2.75, 3.05) is 25.6 Å². The van der Waals surface area contributed by atoms with E-state index in [4.69, 9.17) is 9.47 Å². The van der Waals surface area contributed by atoms with Gasteiger partial charge in [-0.3, -0.25) is 4.31 Å². The third kappa shape index (κ3) is 2.99. The van der Waals surface area contributed by atoms with E-state index in [9.17, 15) is 12.8 Å². The summed E-state index contributed by atoms with van der Waals surface area (Å²) in [6.45, 7) is 0. The van der Waals surface area contributed by atoms with Gasteiger partial charge in [0.1, 0.15) is 17.3 Å². The summed E-state index contributed by atoms with van der Waals surface area (Å²) >= 11 is 0. The van der Waals surface area contributed by atoms with Gasteiger partial charge in [-0.1, -0.05) is 0 Å². The molecule has 0 bridgehead atoms. The van der Waals surface area contributed by atoms with E-state index in [1.165, 1.54) is 33.4 Å². The molecule has 22 heavy (non-hydrogen) atoms. The van der Waals surface area contributed by atoms with Gasteiger partial charge in [-0.05, 0) is 36.4 Å². The van der Waals surface area contributed by atoms with Crippen molar-refractivity contribution in [2.45, 2.75) is 4.90 Å². The number of anilines is 1. The first kappa shape index (κ1) is 16.1. The number of ether oxygens (including phenoxy) is 2. The molecule has 2 aromatic carbocycles. The van der Waals surface area contributed by atoms with E-state index in [-0.39, 0.29) is 4.90 Å². The minimum Gasteiger partial charge on any atom is -0.497 e. The number of nitrogens with zero attached hydrogens (tertiary/aromatic N) is 1. The maximum atomic E-state index is 13.0. The average molecular weight is 325 g/mol. The molecule has 0 spiro atoms. The van der Waals surface area contributed by atoms with Gasteiger partial charge in [-0.25, -0.2) is 12.8 Å². The number of hydrogen-bond donors (Lipinski definition) is 0. The van der Waals surface area contributed by atoms with Crippen molar-refractivity contribution < 1.29 is 22.3 Å². The molecule has 7 heteroatoms. The second kappa shape index (κ2) is 6.23. The van der Waals surface area contributed by atoms with Crippen molar-refractivity contribution in [2.24, 2.45) is 0 Å². The molecule has 0 radical (unpaired) electrons. The summed E-state index contributed by atoms with van der Waals surface area (Å²) in [5.74, 6) is 0.407. The van der Waals surface area contributed by atoms with Crippen LogP contribution in [-0.2, 0) is 10.0 Å². The van der Waals surface area contributed by atoms with E-state index in [2.05, 4.69) is 0 Å². The Morgan fingerprint density at radius 1 is 1.00 bits per heavy atom. The van der Waals surface area contributed by atoms with Gasteiger partial charge < -0.3 is 9.47 Å². The number of benzene rings is 2. The molecule has 0 amide bonds. The van der Waals surface area contributed by atoms with Gasteiger partial charge in [0, 0.05) is 13.1 Å². The van der Waals surface area contributed by atoms with E-state index in [1.54, 1.807) is 18.2 Å². The second-order valence-electron chi connectivity index (χ2n) is 4.46. The molecule has 0 saturated heterocycles. The quantitative estimate of drug-likeness (QED) is 0.848. The van der Waals surface area contributed by atoms with Crippen LogP contribution in [0.2, 0.25) is 0 Å². The summed E-state index contributed by atoms with van der Waals surface area (Å²) in [5, 5.41) is 0. The zero-order valence-corrected chi connectivity index (χ0v) is 13.2. The highest BCUT2D eigenvalue weighted by Gasteiger charge is 2.24. The smallest absolute Gasteiger partial charge is 0.264 e. The minimum atomic E-state index is -3.82. The molecular weight excluding hydrogens is 309 g/mol. The van der Waals surface area contributed by atoms with Crippen LogP contribution >= 0.6 is 0 Å². The van der Waals surface area contributed by atoms with Gasteiger partial charge in [0.2, 0.25) is 0 Å². The van der Waals surface area contributed by atoms with Crippen LogP contribution in [0.25, 0.3) is 0 Å². The van der Waals surface area contributed by atoms with Crippen molar-refractivity contribution in [3.63, 3.8) is 0 Å². The van der Waals surface area contributed by atoms with E-state index in [0.717, 1.165) is 16.4 Å². The Bertz CT molecular complexity index is 760. The summed E-state index contributed by atoms with van der Waals surface area (Å²) in [5.41, 5.74) is 0.354. The molecular formula is C15H16FNO4S. The van der Waals surface area contributed by atoms with Crippen molar-refractivity contribution >= 4 is 15.7 Å². The number of hydrogen-bond acceptors (Lipinski definition) is 4. The third-order valence-electron chi connectivity index (χ3n) is 3.20. The predicted molar refractivity (Wildman–Crippen MR) is 81.5 cm³/mol. The number of sulfonamides is 1. The minimum absolute atomic E-state index is 0.00530. The Morgan fingerprint density at radius 3 is 2.18 bits per heavy atom. The second-order valence-corrected chi connectivity index (χ2v) is 6.43. The maximum Gasteiger partial charge on any atom is 0.264 e. The van der Waals surface area contributed by atoms with Crippen LogP contribution in [0.1, 0.15) is 0 Å². The van der Waals surface area contributed by atoms with Crippen LogP contribution in [0.4, 0.5) is 10.1 Å². The van der Waals surface area contributed by atoms with E-state index >= 15 is 0 Å². The summed E-state index contributed by atoms with van der Waals surface area (Å²) in [6, 6.07) is 9.45. The number of rotatable bonds is 5. The van der Waals surface area contributed by atoms with Gasteiger partial charge in [0.15, 0.2) is 0 Å². The standard InChI is InChI=1S/C15H16FNO4S/c1-17(14-9-6-12(20-2)10-15(14)21-3)22(18,19)13-7-4-11(16)5-8-13/h4-10H,1-3H3. The van der Waals surface area contributed by atoms with Gasteiger partial charge in [-0.15, -0.1) is 0 Å². The molecule has 0 aliphatic carbocycles. The largest absolute Gasteiger partial charge is 0.497 e. The number of methoxy groups -OCH3 is 2. The highest BCUT2D eigenvalue weighted by atomic mass is 32.2. The highest BCUT2D eigenvalue weighted by Crippen LogP contribution is 2.34. The molecule has 0 aliphatic rings. The molecule has 0 unspecified atom stereocenters. The number of halogens is 1. The molecule has 0 atom stereocenters. The van der Waals surface area contributed by atoms with Gasteiger partial charge in [-0.2, -0.15) is 0 Å².